The van der Waals surface area contributed by atoms with E-state index in [1.54, 1.807) is 32.9 Å². The predicted molar refractivity (Wildman–Crippen MR) is 218 cm³/mol. The van der Waals surface area contributed by atoms with Gasteiger partial charge in [-0.1, -0.05) is 5.21 Å². The highest BCUT2D eigenvalue weighted by Crippen LogP contribution is 2.21. The van der Waals surface area contributed by atoms with Crippen LogP contribution in [0.5, 0.6) is 0 Å². The average molecular weight is 862 g/mol. The molecule has 0 unspecified atom stereocenters. The lowest BCUT2D eigenvalue weighted by atomic mass is 10.1. The summed E-state index contributed by atoms with van der Waals surface area (Å²) in [6.45, 7) is 1.98. The van der Waals surface area contributed by atoms with E-state index in [-0.39, 0.29) is 108 Å². The number of benzene rings is 1. The highest BCUT2D eigenvalue weighted by atomic mass is 16.4. The standard InChI is InChI=1S/C39H51N13O10/c40-20-28-3-1-10-51(28)34(54)21-44-38(61)29-6-9-41-31-5-4-27(19-30(29)31)52-22-32(45-46-52)39(62)43-8-2-7-42-33(53)23-47-11-13-48(24-35(55)56)15-17-50(26-37(59)60)18-16-49(14-12-47)25-36(57)58/h4-6,9,19,22,28H,1-3,7-8,10-18,21,23-26H2,(H,42,53)(H,43,62)(H,44,61)(H,55,56)(H,57,58)(H,59,60)/t28-/m0/s1. The molecule has 5 rings (SSSR count). The van der Waals surface area contributed by atoms with Crippen molar-refractivity contribution in [3.05, 3.63) is 47.9 Å². The number of hydrogen-bond acceptors (Lipinski definition) is 15. The molecule has 2 saturated heterocycles. The summed E-state index contributed by atoms with van der Waals surface area (Å²) >= 11 is 0. The fourth-order valence-electron chi connectivity index (χ4n) is 7.17. The van der Waals surface area contributed by atoms with Gasteiger partial charge >= 0.3 is 17.9 Å². The number of nitrogens with one attached hydrogen (secondary N) is 3. The zero-order chi connectivity index (χ0) is 44.6. The SMILES string of the molecule is N#C[C@@H]1CCCN1C(=O)CNC(=O)c1ccnc2ccc(-n3cc(C(=O)NCCCNC(=O)CN4CCN(CC(=O)O)CCN(CC(=O)O)CCN(CC(=O)O)CC4)nn3)cc12. The zero-order valence-corrected chi connectivity index (χ0v) is 34.1. The second kappa shape index (κ2) is 22.8. The maximum Gasteiger partial charge on any atom is 0.317 e. The maximum absolute atomic E-state index is 13.2. The number of aliphatic carboxylic acids is 3. The average Bonchev–Trinajstić information content (AvgIpc) is 3.94. The molecule has 2 fully saturated rings. The van der Waals surface area contributed by atoms with Crippen molar-refractivity contribution in [1.82, 2.24) is 60.4 Å². The Balaban J connectivity index is 1.10. The van der Waals surface area contributed by atoms with Crippen molar-refractivity contribution in [2.24, 2.45) is 0 Å². The minimum Gasteiger partial charge on any atom is -0.480 e. The van der Waals surface area contributed by atoms with Crippen LogP contribution in [-0.2, 0) is 24.0 Å². The lowest BCUT2D eigenvalue weighted by Gasteiger charge is -2.32. The number of likely N-dealkylation sites (tertiary alicyclic amines) is 1. The molecule has 23 heteroatoms. The monoisotopic (exact) mass is 861 g/mol. The number of carboxylic acid groups (broad SMARTS) is 3. The van der Waals surface area contributed by atoms with E-state index in [9.17, 15) is 54.1 Å². The molecule has 2 aliphatic rings. The molecule has 6 N–H and O–H groups in total. The first kappa shape index (κ1) is 46.5. The van der Waals surface area contributed by atoms with Gasteiger partial charge in [-0.15, -0.1) is 5.10 Å². The number of rotatable bonds is 17. The summed E-state index contributed by atoms with van der Waals surface area (Å²) in [6, 6.07) is 8.19. The number of carboxylic acids is 3. The highest BCUT2D eigenvalue weighted by molar-refractivity contribution is 6.07. The Morgan fingerprint density at radius 2 is 1.31 bits per heavy atom. The van der Waals surface area contributed by atoms with E-state index in [4.69, 9.17) is 0 Å². The fourth-order valence-corrected chi connectivity index (χ4v) is 7.17. The number of fused-ring (bicyclic) bond motifs is 1. The lowest BCUT2D eigenvalue weighted by molar-refractivity contribution is -0.140. The van der Waals surface area contributed by atoms with E-state index in [2.05, 4.69) is 37.3 Å². The molecule has 0 radical (unpaired) electrons. The highest BCUT2D eigenvalue weighted by Gasteiger charge is 2.29. The van der Waals surface area contributed by atoms with Crippen LogP contribution >= 0.6 is 0 Å². The summed E-state index contributed by atoms with van der Waals surface area (Å²) < 4.78 is 1.37. The van der Waals surface area contributed by atoms with Crippen molar-refractivity contribution in [3.63, 3.8) is 0 Å². The fraction of sp³-hybridized carbons (Fsp3) is 0.513. The lowest BCUT2D eigenvalue weighted by Crippen LogP contribution is -2.49. The summed E-state index contributed by atoms with van der Waals surface area (Å²) in [6.07, 6.45) is 4.61. The molecule has 4 heterocycles. The van der Waals surface area contributed by atoms with Crippen LogP contribution in [0.15, 0.2) is 36.7 Å². The Kier molecular flexibility index (Phi) is 17.1. The largest absolute Gasteiger partial charge is 0.480 e. The molecule has 1 atom stereocenters. The number of carbonyl (C=O) groups is 7. The van der Waals surface area contributed by atoms with Crippen molar-refractivity contribution >= 4 is 52.4 Å². The number of hydrogen-bond donors (Lipinski definition) is 6. The number of amides is 4. The molecule has 0 saturated carbocycles. The molecule has 2 aromatic heterocycles. The topological polar surface area (TPSA) is 300 Å². The molecule has 62 heavy (non-hydrogen) atoms. The van der Waals surface area contributed by atoms with Gasteiger partial charge < -0.3 is 36.2 Å². The molecule has 3 aromatic rings. The minimum atomic E-state index is -1.05. The molecule has 1 aromatic carbocycles. The van der Waals surface area contributed by atoms with E-state index < -0.39 is 35.8 Å². The number of nitriles is 1. The smallest absolute Gasteiger partial charge is 0.317 e. The van der Waals surface area contributed by atoms with Crippen molar-refractivity contribution in [3.8, 4) is 11.8 Å². The third-order valence-electron chi connectivity index (χ3n) is 10.4. The second-order valence-electron chi connectivity index (χ2n) is 14.9. The maximum atomic E-state index is 13.2. The zero-order valence-electron chi connectivity index (χ0n) is 34.1. The third kappa shape index (κ3) is 14.0. The van der Waals surface area contributed by atoms with Gasteiger partial charge in [0.1, 0.15) is 6.04 Å². The van der Waals surface area contributed by atoms with Crippen LogP contribution in [0.25, 0.3) is 16.6 Å². The molecular formula is C39H51N13O10. The van der Waals surface area contributed by atoms with Gasteiger partial charge in [0.2, 0.25) is 11.8 Å². The summed E-state index contributed by atoms with van der Waals surface area (Å²) in [4.78, 5) is 98.9. The Morgan fingerprint density at radius 1 is 0.726 bits per heavy atom. The second-order valence-corrected chi connectivity index (χ2v) is 14.9. The van der Waals surface area contributed by atoms with E-state index in [0.717, 1.165) is 6.42 Å². The molecule has 0 aliphatic carbocycles. The normalized spacial score (nSPS) is 17.3. The van der Waals surface area contributed by atoms with Crippen LogP contribution in [0.4, 0.5) is 0 Å². The van der Waals surface area contributed by atoms with E-state index in [1.807, 2.05) is 4.90 Å². The minimum absolute atomic E-state index is 0.0214. The van der Waals surface area contributed by atoms with Gasteiger partial charge in [0.25, 0.3) is 11.8 Å². The van der Waals surface area contributed by atoms with Crippen LogP contribution in [0, 0.1) is 11.3 Å². The Bertz CT molecular complexity index is 2110. The number of pyridine rings is 1. The summed E-state index contributed by atoms with van der Waals surface area (Å²) in [7, 11) is 0. The first-order valence-electron chi connectivity index (χ1n) is 20.2. The molecule has 4 amide bonds. The first-order chi connectivity index (χ1) is 29.8. The van der Waals surface area contributed by atoms with E-state index in [0.29, 0.717) is 49.1 Å². The Labute approximate surface area is 356 Å². The van der Waals surface area contributed by atoms with Crippen molar-refractivity contribution < 1.29 is 48.9 Å². The summed E-state index contributed by atoms with van der Waals surface area (Å²) in [5.41, 5.74) is 1.29. The number of aromatic nitrogens is 4. The van der Waals surface area contributed by atoms with Crippen LogP contribution in [0.3, 0.4) is 0 Å². The summed E-state index contributed by atoms with van der Waals surface area (Å²) in [5, 5.41) is 54.3. The first-order valence-corrected chi connectivity index (χ1v) is 20.2. The van der Waals surface area contributed by atoms with Crippen LogP contribution in [-0.4, -0.2) is 212 Å². The van der Waals surface area contributed by atoms with Gasteiger partial charge in [0.05, 0.1) is 61.8 Å². The van der Waals surface area contributed by atoms with Gasteiger partial charge in [0.15, 0.2) is 5.69 Å². The Hall–Kier alpha value is -6.61. The quantitative estimate of drug-likeness (QED) is 0.0783. The molecule has 23 nitrogen and oxygen atoms in total. The third-order valence-corrected chi connectivity index (χ3v) is 10.4. The number of nitrogens with zero attached hydrogens (tertiary/aromatic N) is 10. The van der Waals surface area contributed by atoms with Crippen molar-refractivity contribution in [2.45, 2.75) is 25.3 Å². The van der Waals surface area contributed by atoms with E-state index in [1.165, 1.54) is 28.0 Å². The molecular weight excluding hydrogens is 811 g/mol. The van der Waals surface area contributed by atoms with Crippen molar-refractivity contribution in [2.75, 3.05) is 105 Å². The van der Waals surface area contributed by atoms with Gasteiger partial charge in [-0.3, -0.25) is 58.1 Å². The molecule has 2 aliphatic heterocycles. The van der Waals surface area contributed by atoms with Gasteiger partial charge in [-0.05, 0) is 43.5 Å². The van der Waals surface area contributed by atoms with Crippen LogP contribution in [0.2, 0.25) is 0 Å². The molecule has 0 spiro atoms. The van der Waals surface area contributed by atoms with E-state index >= 15 is 0 Å². The summed E-state index contributed by atoms with van der Waals surface area (Å²) in [5.74, 6) is -4.79. The van der Waals surface area contributed by atoms with Gasteiger partial charge in [-0.25, -0.2) is 4.68 Å². The number of carbonyl (C=O) groups excluding carboxylic acids is 4. The van der Waals surface area contributed by atoms with Crippen molar-refractivity contribution in [1.29, 1.82) is 5.26 Å². The van der Waals surface area contributed by atoms with Crippen LogP contribution in [0.1, 0.15) is 40.1 Å². The van der Waals surface area contributed by atoms with Gasteiger partial charge in [0, 0.05) is 83.6 Å². The van der Waals surface area contributed by atoms with Crippen LogP contribution < -0.4 is 16.0 Å². The molecule has 0 bridgehead atoms. The van der Waals surface area contributed by atoms with Gasteiger partial charge in [-0.2, -0.15) is 5.26 Å². The Morgan fingerprint density at radius 3 is 1.89 bits per heavy atom. The predicted octanol–water partition coefficient (Wildman–Crippen LogP) is -2.23. The molecule has 332 valence electrons.